The number of carbonyl (C=O) groups is 4. The summed E-state index contributed by atoms with van der Waals surface area (Å²) in [5.41, 5.74) is 2.53. The van der Waals surface area contributed by atoms with Crippen molar-refractivity contribution in [2.45, 2.75) is 28.5 Å². The number of allylic oxidation sites excluding steroid dienone is 2. The van der Waals surface area contributed by atoms with E-state index in [1.165, 1.54) is 4.90 Å². The predicted molar refractivity (Wildman–Crippen MR) is 174 cm³/mol. The molecular formula is C33H32BrCl2N3O7. The average Bonchev–Trinajstić information content (AvgIpc) is 3.41. The summed E-state index contributed by atoms with van der Waals surface area (Å²) < 4.78 is 11.3. The second kappa shape index (κ2) is 11.9. The van der Waals surface area contributed by atoms with Gasteiger partial charge in [0.05, 0.1) is 42.8 Å². The molecule has 5 aliphatic rings. The van der Waals surface area contributed by atoms with Gasteiger partial charge in [0.25, 0.3) is 11.8 Å². The van der Waals surface area contributed by atoms with Gasteiger partial charge in [-0.1, -0.05) is 45.8 Å². The van der Waals surface area contributed by atoms with Crippen molar-refractivity contribution in [3.05, 3.63) is 65.7 Å². The van der Waals surface area contributed by atoms with E-state index >= 15 is 0 Å². The molecular weight excluding hydrogens is 701 g/mol. The zero-order chi connectivity index (χ0) is 32.4. The molecule has 7 rings (SSSR count). The maximum Gasteiger partial charge on any atom is 0.254 e. The highest BCUT2D eigenvalue weighted by Crippen LogP contribution is 2.66. The summed E-state index contributed by atoms with van der Waals surface area (Å²) in [5.74, 6) is -4.69. The highest BCUT2D eigenvalue weighted by Gasteiger charge is 2.76. The van der Waals surface area contributed by atoms with Gasteiger partial charge in [-0.2, -0.15) is 0 Å². The van der Waals surface area contributed by atoms with E-state index in [9.17, 15) is 24.3 Å². The van der Waals surface area contributed by atoms with E-state index in [-0.39, 0.29) is 43.3 Å². The number of para-hydroxylation sites is 1. The van der Waals surface area contributed by atoms with Crippen LogP contribution in [0.3, 0.4) is 0 Å². The van der Waals surface area contributed by atoms with Crippen molar-refractivity contribution in [3.8, 4) is 5.75 Å². The molecule has 0 aromatic heterocycles. The molecule has 3 heterocycles. The molecule has 13 heteroatoms. The molecule has 1 N–H and O–H groups in total. The summed E-state index contributed by atoms with van der Waals surface area (Å²) in [4.78, 5) is 56.8. The number of benzene rings is 2. The molecule has 2 aromatic rings. The highest BCUT2D eigenvalue weighted by atomic mass is 79.9. The standard InChI is InChI=1S/C33H32BrCl2N3O7/c34-18-38-30(43)32(35)17-24-21(27(33(32,36)31(38)44)22-3-1-2-4-25(22)46-16-13-40)9-10-23-26(24)29(42)39(28(23)41)20-7-5-19(6-8-20)37-11-14-45-15-12-37/h1-9,23-24,26-27,40H,10-18H2/t23-,24+,26-,27+,32+,33-/m0/s1. The summed E-state index contributed by atoms with van der Waals surface area (Å²) in [7, 11) is 0. The number of carbonyl (C=O) groups excluding carboxylic acids is 4. The lowest BCUT2D eigenvalue weighted by Crippen LogP contribution is -2.60. The molecule has 242 valence electrons. The molecule has 46 heavy (non-hydrogen) atoms. The summed E-state index contributed by atoms with van der Waals surface area (Å²) >= 11 is 17.9. The van der Waals surface area contributed by atoms with Gasteiger partial charge < -0.3 is 19.5 Å². The number of halogens is 3. The third-order valence-corrected chi connectivity index (χ3v) is 12.0. The van der Waals surface area contributed by atoms with Crippen LogP contribution < -0.4 is 14.5 Å². The number of aliphatic hydroxyl groups is 1. The van der Waals surface area contributed by atoms with Crippen molar-refractivity contribution in [1.82, 2.24) is 4.90 Å². The lowest BCUT2D eigenvalue weighted by Gasteiger charge is -2.51. The molecule has 10 nitrogen and oxygen atoms in total. The predicted octanol–water partition coefficient (Wildman–Crippen LogP) is 3.81. The van der Waals surface area contributed by atoms with E-state index < -0.39 is 45.2 Å². The number of nitrogens with zero attached hydrogens (tertiary/aromatic N) is 3. The van der Waals surface area contributed by atoms with Gasteiger partial charge in [0.2, 0.25) is 11.8 Å². The van der Waals surface area contributed by atoms with E-state index in [0.29, 0.717) is 35.8 Å². The van der Waals surface area contributed by atoms with Gasteiger partial charge in [0, 0.05) is 30.3 Å². The Morgan fingerprint density at radius 2 is 1.63 bits per heavy atom. The van der Waals surface area contributed by atoms with E-state index in [4.69, 9.17) is 32.7 Å². The van der Waals surface area contributed by atoms with Gasteiger partial charge in [0.1, 0.15) is 12.4 Å². The molecule has 4 fully saturated rings. The minimum Gasteiger partial charge on any atom is -0.491 e. The number of likely N-dealkylation sites (tertiary alicyclic amines) is 1. The fourth-order valence-corrected chi connectivity index (χ4v) is 9.41. The minimum atomic E-state index is -1.94. The number of imide groups is 2. The van der Waals surface area contributed by atoms with E-state index in [1.807, 2.05) is 18.2 Å². The lowest BCUT2D eigenvalue weighted by atomic mass is 9.56. The Morgan fingerprint density at radius 1 is 0.935 bits per heavy atom. The van der Waals surface area contributed by atoms with Gasteiger partial charge in [-0.3, -0.25) is 29.0 Å². The first-order valence-electron chi connectivity index (χ1n) is 15.3. The molecule has 0 radical (unpaired) electrons. The fourth-order valence-electron chi connectivity index (χ4n) is 7.99. The molecule has 6 atom stereocenters. The van der Waals surface area contributed by atoms with Gasteiger partial charge >= 0.3 is 0 Å². The smallest absolute Gasteiger partial charge is 0.254 e. The lowest BCUT2D eigenvalue weighted by molar-refractivity contribution is -0.138. The third-order valence-electron chi connectivity index (χ3n) is 10.1. The van der Waals surface area contributed by atoms with Crippen molar-refractivity contribution >= 4 is 74.1 Å². The molecule has 3 aliphatic heterocycles. The van der Waals surface area contributed by atoms with Crippen LogP contribution in [0.1, 0.15) is 24.3 Å². The van der Waals surface area contributed by atoms with Crippen LogP contribution in [-0.2, 0) is 23.9 Å². The molecule has 2 aromatic carbocycles. The number of amides is 4. The molecule has 0 unspecified atom stereocenters. The van der Waals surface area contributed by atoms with Gasteiger partial charge in [-0.05, 0) is 49.1 Å². The Hall–Kier alpha value is -2.96. The van der Waals surface area contributed by atoms with E-state index in [2.05, 4.69) is 20.8 Å². The van der Waals surface area contributed by atoms with Crippen LogP contribution in [0, 0.1) is 17.8 Å². The summed E-state index contributed by atoms with van der Waals surface area (Å²) in [6.45, 7) is 2.53. The first kappa shape index (κ1) is 31.6. The molecule has 3 saturated heterocycles. The van der Waals surface area contributed by atoms with Crippen molar-refractivity contribution in [3.63, 3.8) is 0 Å². The van der Waals surface area contributed by atoms with Crippen molar-refractivity contribution in [2.75, 3.05) is 54.8 Å². The summed E-state index contributed by atoms with van der Waals surface area (Å²) in [6.07, 6.45) is 2.05. The number of anilines is 2. The van der Waals surface area contributed by atoms with Gasteiger partial charge in [-0.15, -0.1) is 23.2 Å². The molecule has 2 aliphatic carbocycles. The Labute approximate surface area is 284 Å². The Bertz CT molecular complexity index is 1630. The molecule has 0 spiro atoms. The number of hydrogen-bond donors (Lipinski definition) is 1. The molecule has 0 bridgehead atoms. The summed E-state index contributed by atoms with van der Waals surface area (Å²) in [6, 6.07) is 14.3. The van der Waals surface area contributed by atoms with Crippen LogP contribution in [0.4, 0.5) is 11.4 Å². The largest absolute Gasteiger partial charge is 0.491 e. The fraction of sp³-hybridized carbons (Fsp3) is 0.455. The first-order valence-corrected chi connectivity index (χ1v) is 17.2. The highest BCUT2D eigenvalue weighted by molar-refractivity contribution is 9.09. The van der Waals surface area contributed by atoms with Crippen LogP contribution in [0.25, 0.3) is 0 Å². The normalized spacial score (nSPS) is 32.3. The first-order chi connectivity index (χ1) is 22.2. The minimum absolute atomic E-state index is 0.00904. The topological polar surface area (TPSA) is 117 Å². The number of aliphatic hydroxyl groups excluding tert-OH is 1. The van der Waals surface area contributed by atoms with Gasteiger partial charge in [-0.25, -0.2) is 0 Å². The Kier molecular flexibility index (Phi) is 8.20. The van der Waals surface area contributed by atoms with Crippen molar-refractivity contribution < 1.29 is 33.8 Å². The Balaban J connectivity index is 1.30. The second-order valence-corrected chi connectivity index (χ2v) is 14.0. The zero-order valence-corrected chi connectivity index (χ0v) is 27.8. The number of morpholine rings is 1. The van der Waals surface area contributed by atoms with E-state index in [1.54, 1.807) is 36.4 Å². The second-order valence-electron chi connectivity index (χ2n) is 12.2. The zero-order valence-electron chi connectivity index (χ0n) is 24.7. The molecule has 1 saturated carbocycles. The van der Waals surface area contributed by atoms with Crippen LogP contribution in [0.2, 0.25) is 0 Å². The van der Waals surface area contributed by atoms with Crippen LogP contribution in [-0.4, -0.2) is 88.4 Å². The number of ether oxygens (including phenoxy) is 2. The summed E-state index contributed by atoms with van der Waals surface area (Å²) in [5, 5.41) is 9.48. The number of alkyl halides is 3. The Morgan fingerprint density at radius 3 is 2.33 bits per heavy atom. The monoisotopic (exact) mass is 731 g/mol. The van der Waals surface area contributed by atoms with Crippen molar-refractivity contribution in [2.24, 2.45) is 17.8 Å². The van der Waals surface area contributed by atoms with Crippen LogP contribution in [0.5, 0.6) is 5.75 Å². The van der Waals surface area contributed by atoms with Gasteiger partial charge in [0.15, 0.2) is 9.75 Å². The molecule has 4 amide bonds. The van der Waals surface area contributed by atoms with Crippen LogP contribution in [0.15, 0.2) is 60.2 Å². The average molecular weight is 733 g/mol. The number of rotatable bonds is 7. The van der Waals surface area contributed by atoms with Crippen LogP contribution >= 0.6 is 39.1 Å². The maximum absolute atomic E-state index is 14.3. The maximum atomic E-state index is 14.3. The van der Waals surface area contributed by atoms with E-state index in [0.717, 1.165) is 23.7 Å². The van der Waals surface area contributed by atoms with Crippen molar-refractivity contribution in [1.29, 1.82) is 0 Å². The number of fused-ring (bicyclic) bond motifs is 4. The quantitative estimate of drug-likeness (QED) is 0.198. The SMILES string of the molecule is O=C1[C@H]2[C@H](CC=C3[C@H]2C[C@@]2(Cl)C(=O)N(CBr)C(=O)[C@@]2(Cl)[C@H]3c2ccccc2OCCO)C(=O)N1c1ccc(N2CCOCC2)cc1. The third kappa shape index (κ3) is 4.49. The number of hydrogen-bond acceptors (Lipinski definition) is 8.